The van der Waals surface area contributed by atoms with Crippen LogP contribution in [0.25, 0.3) is 0 Å². The zero-order valence-electron chi connectivity index (χ0n) is 16.3. The molecule has 28 heavy (non-hydrogen) atoms. The summed E-state index contributed by atoms with van der Waals surface area (Å²) in [5.74, 6) is 0.417. The van der Waals surface area contributed by atoms with E-state index < -0.39 is 5.91 Å². The quantitative estimate of drug-likeness (QED) is 0.610. The number of thiophene rings is 1. The molecule has 1 N–H and O–H groups in total. The van der Waals surface area contributed by atoms with E-state index in [1.807, 2.05) is 0 Å². The van der Waals surface area contributed by atoms with Crippen LogP contribution in [0.1, 0.15) is 53.6 Å². The second kappa shape index (κ2) is 7.94. The summed E-state index contributed by atoms with van der Waals surface area (Å²) < 4.78 is 5.27. The van der Waals surface area contributed by atoms with Crippen LogP contribution in [-0.2, 0) is 12.8 Å². The minimum atomic E-state index is -0.399. The summed E-state index contributed by atoms with van der Waals surface area (Å²) in [6.07, 6.45) is 2.84. The number of hydrogen-bond acceptors (Lipinski definition) is 4. The van der Waals surface area contributed by atoms with E-state index in [1.54, 1.807) is 0 Å². The van der Waals surface area contributed by atoms with Crippen molar-refractivity contribution in [1.29, 1.82) is 5.26 Å². The number of methoxy groups -OCH3 is 1. The predicted molar refractivity (Wildman–Crippen MR) is 115 cm³/mol. The fourth-order valence-electron chi connectivity index (χ4n) is 3.64. The molecule has 1 aliphatic rings. The summed E-state index contributed by atoms with van der Waals surface area (Å²) in [6.45, 7) is 6.75. The third-order valence-corrected chi connectivity index (χ3v) is 6.95. The van der Waals surface area contributed by atoms with Gasteiger partial charge in [0.2, 0.25) is 0 Å². The number of nitrogens with one attached hydrogen (secondary N) is 1. The molecule has 1 aromatic heterocycles. The Labute approximate surface area is 179 Å². The molecule has 0 saturated heterocycles. The maximum Gasteiger partial charge on any atom is 0.260 e. The Balaban J connectivity index is 1.94. The molecule has 1 amide bonds. The summed E-state index contributed by atoms with van der Waals surface area (Å²) >= 11 is 13.7. The first-order valence-electron chi connectivity index (χ1n) is 9.04. The highest BCUT2D eigenvalue weighted by Crippen LogP contribution is 2.44. The Morgan fingerprint density at radius 3 is 2.68 bits per heavy atom. The van der Waals surface area contributed by atoms with Crippen molar-refractivity contribution in [3.63, 3.8) is 0 Å². The molecule has 0 fully saturated rings. The first-order chi connectivity index (χ1) is 13.2. The molecule has 4 nitrogen and oxygen atoms in total. The van der Waals surface area contributed by atoms with Gasteiger partial charge >= 0.3 is 0 Å². The van der Waals surface area contributed by atoms with Gasteiger partial charge in [0.1, 0.15) is 16.8 Å². The zero-order valence-corrected chi connectivity index (χ0v) is 18.6. The van der Waals surface area contributed by atoms with Gasteiger partial charge in [0, 0.05) is 9.90 Å². The van der Waals surface area contributed by atoms with Crippen molar-refractivity contribution in [1.82, 2.24) is 0 Å². The maximum absolute atomic E-state index is 12.9. The lowest BCUT2D eigenvalue weighted by Gasteiger charge is -2.33. The molecule has 0 bridgehead atoms. The van der Waals surface area contributed by atoms with Crippen LogP contribution in [0, 0.1) is 22.7 Å². The highest BCUT2D eigenvalue weighted by molar-refractivity contribution is 7.16. The Hall–Kier alpha value is -1.74. The van der Waals surface area contributed by atoms with Crippen LogP contribution in [0.5, 0.6) is 5.75 Å². The number of nitrogens with zero attached hydrogens (tertiary/aromatic N) is 1. The topological polar surface area (TPSA) is 62.1 Å². The third-order valence-electron chi connectivity index (χ3n) is 5.29. The smallest absolute Gasteiger partial charge is 0.260 e. The van der Waals surface area contributed by atoms with Gasteiger partial charge in [-0.2, -0.15) is 5.26 Å². The van der Waals surface area contributed by atoms with E-state index in [9.17, 15) is 10.1 Å². The van der Waals surface area contributed by atoms with E-state index in [-0.39, 0.29) is 21.8 Å². The summed E-state index contributed by atoms with van der Waals surface area (Å²) in [5.41, 5.74) is 2.08. The molecule has 1 atom stereocenters. The van der Waals surface area contributed by atoms with Crippen molar-refractivity contribution < 1.29 is 9.53 Å². The van der Waals surface area contributed by atoms with E-state index in [0.29, 0.717) is 21.5 Å². The second-order valence-electron chi connectivity index (χ2n) is 8.05. The lowest BCUT2D eigenvalue weighted by molar-refractivity contribution is 0.102. The molecule has 0 saturated carbocycles. The number of fused-ring (bicyclic) bond motifs is 1. The number of carbonyl (C=O) groups is 1. The number of ether oxygens (including phenoxy) is 1. The third kappa shape index (κ3) is 4.00. The molecule has 0 radical (unpaired) electrons. The van der Waals surface area contributed by atoms with Gasteiger partial charge in [-0.3, -0.25) is 4.79 Å². The minimum absolute atomic E-state index is 0.211. The summed E-state index contributed by atoms with van der Waals surface area (Å²) in [5, 5.41) is 13.8. The molecule has 148 valence electrons. The van der Waals surface area contributed by atoms with Gasteiger partial charge in [-0.1, -0.05) is 44.0 Å². The fraction of sp³-hybridized carbons (Fsp3) is 0.429. The first kappa shape index (κ1) is 21.0. The first-order valence-corrected chi connectivity index (χ1v) is 10.6. The molecular formula is C21H22Cl2N2O2S. The maximum atomic E-state index is 12.9. The molecule has 3 rings (SSSR count). The van der Waals surface area contributed by atoms with E-state index in [2.05, 4.69) is 32.2 Å². The summed E-state index contributed by atoms with van der Waals surface area (Å²) in [7, 11) is 1.45. The van der Waals surface area contributed by atoms with Gasteiger partial charge in [-0.05, 0) is 48.3 Å². The number of anilines is 1. The van der Waals surface area contributed by atoms with Crippen LogP contribution in [0.2, 0.25) is 10.0 Å². The van der Waals surface area contributed by atoms with Gasteiger partial charge in [0.05, 0.1) is 23.3 Å². The molecule has 0 aliphatic heterocycles. The molecule has 7 heteroatoms. The Morgan fingerprint density at radius 1 is 1.36 bits per heavy atom. The Bertz CT molecular complexity index is 970. The van der Waals surface area contributed by atoms with E-state index in [1.165, 1.54) is 35.5 Å². The van der Waals surface area contributed by atoms with Gasteiger partial charge in [-0.15, -0.1) is 11.3 Å². The molecule has 1 heterocycles. The number of carbonyl (C=O) groups excluding carboxylic acids is 1. The van der Waals surface area contributed by atoms with E-state index in [4.69, 9.17) is 27.9 Å². The number of halogens is 2. The minimum Gasteiger partial charge on any atom is -0.494 e. The van der Waals surface area contributed by atoms with Crippen LogP contribution < -0.4 is 10.1 Å². The molecule has 0 unspecified atom stereocenters. The average Bonchev–Trinajstić information content (AvgIpc) is 2.96. The van der Waals surface area contributed by atoms with Gasteiger partial charge in [-0.25, -0.2) is 0 Å². The number of amides is 1. The van der Waals surface area contributed by atoms with Crippen LogP contribution in [-0.4, -0.2) is 13.0 Å². The number of hydrogen-bond donors (Lipinski definition) is 1. The highest BCUT2D eigenvalue weighted by Gasteiger charge is 2.32. The number of rotatable bonds is 3. The van der Waals surface area contributed by atoms with Crippen LogP contribution in [0.15, 0.2) is 12.1 Å². The number of nitriles is 1. The molecule has 1 aliphatic carbocycles. The average molecular weight is 437 g/mol. The van der Waals surface area contributed by atoms with Crippen molar-refractivity contribution in [2.75, 3.05) is 12.4 Å². The predicted octanol–water partition coefficient (Wildman–Crippen LogP) is 6.34. The van der Waals surface area contributed by atoms with Crippen molar-refractivity contribution in [3.05, 3.63) is 43.7 Å². The molecular weight excluding hydrogens is 415 g/mol. The fourth-order valence-corrected chi connectivity index (χ4v) is 5.48. The zero-order chi connectivity index (χ0) is 20.6. The molecule has 2 aromatic rings. The molecule has 0 spiro atoms. The largest absolute Gasteiger partial charge is 0.494 e. The van der Waals surface area contributed by atoms with Crippen molar-refractivity contribution in [3.8, 4) is 11.8 Å². The van der Waals surface area contributed by atoms with Gasteiger partial charge in [0.15, 0.2) is 0 Å². The number of benzene rings is 1. The Kier molecular flexibility index (Phi) is 5.95. The SMILES string of the molecule is COc1c(Cl)cc(Cl)cc1C(=O)Nc1sc2c(c1C#N)CC[C@@H](C(C)(C)C)C2. The van der Waals surface area contributed by atoms with Gasteiger partial charge in [0.25, 0.3) is 5.91 Å². The monoisotopic (exact) mass is 436 g/mol. The summed E-state index contributed by atoms with van der Waals surface area (Å²) in [6, 6.07) is 5.31. The highest BCUT2D eigenvalue weighted by atomic mass is 35.5. The van der Waals surface area contributed by atoms with Crippen molar-refractivity contribution in [2.45, 2.75) is 40.0 Å². The van der Waals surface area contributed by atoms with E-state index >= 15 is 0 Å². The van der Waals surface area contributed by atoms with Crippen LogP contribution in [0.3, 0.4) is 0 Å². The van der Waals surface area contributed by atoms with Crippen LogP contribution in [0.4, 0.5) is 5.00 Å². The van der Waals surface area contributed by atoms with Crippen molar-refractivity contribution in [2.24, 2.45) is 11.3 Å². The van der Waals surface area contributed by atoms with Crippen LogP contribution >= 0.6 is 34.5 Å². The lowest BCUT2D eigenvalue weighted by Crippen LogP contribution is -2.26. The van der Waals surface area contributed by atoms with E-state index in [0.717, 1.165) is 24.8 Å². The summed E-state index contributed by atoms with van der Waals surface area (Å²) in [4.78, 5) is 14.1. The van der Waals surface area contributed by atoms with Crippen molar-refractivity contribution >= 4 is 45.4 Å². The second-order valence-corrected chi connectivity index (χ2v) is 10.00. The Morgan fingerprint density at radius 2 is 2.07 bits per heavy atom. The normalized spacial score (nSPS) is 16.2. The lowest BCUT2D eigenvalue weighted by atomic mass is 9.72. The van der Waals surface area contributed by atoms with Gasteiger partial charge < -0.3 is 10.1 Å². The molecule has 1 aromatic carbocycles. The standard InChI is InChI=1S/C21H22Cl2N2O2S/c1-21(2,3)11-5-6-13-15(10-24)20(28-17(13)7-11)25-19(26)14-8-12(22)9-16(23)18(14)27-4/h8-9,11H,5-7H2,1-4H3,(H,25,26)/t11-/m1/s1.